The van der Waals surface area contributed by atoms with Crippen molar-refractivity contribution in [1.82, 2.24) is 4.90 Å². The molecule has 0 atom stereocenters. The Balaban J connectivity index is 1.58. The maximum Gasteiger partial charge on any atom is 0.267 e. The van der Waals surface area contributed by atoms with Gasteiger partial charge in [0.15, 0.2) is 0 Å². The molecule has 2 aromatic carbocycles. The van der Waals surface area contributed by atoms with E-state index in [2.05, 4.69) is 10.2 Å². The van der Waals surface area contributed by atoms with E-state index in [1.54, 1.807) is 30.5 Å². The Morgan fingerprint density at radius 3 is 2.55 bits per heavy atom. The molecule has 29 heavy (non-hydrogen) atoms. The van der Waals surface area contributed by atoms with Crippen LogP contribution >= 0.6 is 11.6 Å². The van der Waals surface area contributed by atoms with Gasteiger partial charge in [0, 0.05) is 48.8 Å². The fourth-order valence-electron chi connectivity index (χ4n) is 3.10. The van der Waals surface area contributed by atoms with E-state index in [4.69, 9.17) is 16.3 Å². The maximum absolute atomic E-state index is 12.5. The Hall–Kier alpha value is -3.17. The summed E-state index contributed by atoms with van der Waals surface area (Å²) in [6.07, 6.45) is 1.64. The van der Waals surface area contributed by atoms with Crippen molar-refractivity contribution < 1.29 is 9.53 Å². The third-order valence-electron chi connectivity index (χ3n) is 4.59. The van der Waals surface area contributed by atoms with Gasteiger partial charge < -0.3 is 19.9 Å². The van der Waals surface area contributed by atoms with Crippen LogP contribution in [0.25, 0.3) is 0 Å². The molecule has 0 bridgehead atoms. The number of benzene rings is 2. The molecule has 1 aliphatic heterocycles. The largest absolute Gasteiger partial charge is 0.494 e. The minimum absolute atomic E-state index is 0.0788. The van der Waals surface area contributed by atoms with Crippen LogP contribution in [0.2, 0.25) is 5.02 Å². The van der Waals surface area contributed by atoms with Gasteiger partial charge in [-0.05, 0) is 49.4 Å². The van der Waals surface area contributed by atoms with Crippen molar-refractivity contribution in [3.63, 3.8) is 0 Å². The molecule has 7 heteroatoms. The summed E-state index contributed by atoms with van der Waals surface area (Å²) in [5, 5.41) is 12.9. The molecule has 0 aromatic heterocycles. The molecule has 1 heterocycles. The highest BCUT2D eigenvalue weighted by Gasteiger charge is 2.18. The number of piperazine rings is 1. The van der Waals surface area contributed by atoms with Crippen molar-refractivity contribution in [2.45, 2.75) is 6.92 Å². The van der Waals surface area contributed by atoms with Crippen molar-refractivity contribution >= 4 is 28.9 Å². The number of ether oxygens (including phenoxy) is 1. The van der Waals surface area contributed by atoms with Gasteiger partial charge >= 0.3 is 0 Å². The number of nitriles is 1. The van der Waals surface area contributed by atoms with Gasteiger partial charge in [-0.25, -0.2) is 0 Å². The van der Waals surface area contributed by atoms with Gasteiger partial charge in [0.25, 0.3) is 5.91 Å². The van der Waals surface area contributed by atoms with Crippen LogP contribution in [0.5, 0.6) is 5.75 Å². The predicted molar refractivity (Wildman–Crippen MR) is 115 cm³/mol. The molecular weight excluding hydrogens is 388 g/mol. The van der Waals surface area contributed by atoms with E-state index < -0.39 is 5.91 Å². The van der Waals surface area contributed by atoms with Gasteiger partial charge in [-0.3, -0.25) is 4.79 Å². The molecule has 1 saturated heterocycles. The minimum Gasteiger partial charge on any atom is -0.494 e. The molecule has 0 radical (unpaired) electrons. The number of hydrogen-bond donors (Lipinski definition) is 1. The van der Waals surface area contributed by atoms with E-state index in [1.165, 1.54) is 0 Å². The van der Waals surface area contributed by atoms with Gasteiger partial charge in [-0.1, -0.05) is 17.7 Å². The second kappa shape index (κ2) is 9.85. The molecule has 0 unspecified atom stereocenters. The lowest BCUT2D eigenvalue weighted by atomic mass is 10.2. The van der Waals surface area contributed by atoms with Gasteiger partial charge in [0.1, 0.15) is 17.4 Å². The van der Waals surface area contributed by atoms with Gasteiger partial charge in [0.2, 0.25) is 0 Å². The molecule has 1 fully saturated rings. The van der Waals surface area contributed by atoms with Crippen LogP contribution in [-0.2, 0) is 4.79 Å². The normalized spacial score (nSPS) is 14.3. The molecule has 1 amide bonds. The van der Waals surface area contributed by atoms with Crippen molar-refractivity contribution in [3.05, 3.63) is 65.3 Å². The topological polar surface area (TPSA) is 68.6 Å². The fraction of sp³-hybridized carbons (Fsp3) is 0.273. The van der Waals surface area contributed by atoms with Crippen molar-refractivity contribution in [1.29, 1.82) is 5.26 Å². The molecular formula is C22H23ClN4O2. The van der Waals surface area contributed by atoms with E-state index in [9.17, 15) is 10.1 Å². The molecule has 6 nitrogen and oxygen atoms in total. The zero-order valence-electron chi connectivity index (χ0n) is 16.3. The third kappa shape index (κ3) is 5.66. The van der Waals surface area contributed by atoms with E-state index in [-0.39, 0.29) is 5.57 Å². The number of carbonyl (C=O) groups excluding carboxylic acids is 1. The van der Waals surface area contributed by atoms with E-state index in [1.807, 2.05) is 42.2 Å². The summed E-state index contributed by atoms with van der Waals surface area (Å²) >= 11 is 6.07. The van der Waals surface area contributed by atoms with E-state index in [0.717, 1.165) is 24.5 Å². The second-order valence-electron chi connectivity index (χ2n) is 6.57. The lowest BCUT2D eigenvalue weighted by molar-refractivity contribution is -0.112. The van der Waals surface area contributed by atoms with Crippen LogP contribution < -0.4 is 15.0 Å². The summed E-state index contributed by atoms with van der Waals surface area (Å²) in [5.41, 5.74) is 1.77. The summed E-state index contributed by atoms with van der Waals surface area (Å²) in [6.45, 7) is 5.50. The fourth-order valence-corrected chi connectivity index (χ4v) is 3.29. The van der Waals surface area contributed by atoms with Crippen LogP contribution in [0.4, 0.5) is 11.4 Å². The molecule has 150 valence electrons. The molecule has 3 rings (SSSR count). The van der Waals surface area contributed by atoms with Gasteiger partial charge in [0.05, 0.1) is 6.61 Å². The van der Waals surface area contributed by atoms with Crippen LogP contribution in [0, 0.1) is 11.3 Å². The van der Waals surface area contributed by atoms with Crippen molar-refractivity contribution in [2.24, 2.45) is 0 Å². The summed E-state index contributed by atoms with van der Waals surface area (Å²) in [7, 11) is 0. The molecule has 1 aliphatic rings. The smallest absolute Gasteiger partial charge is 0.267 e. The summed E-state index contributed by atoms with van der Waals surface area (Å²) < 4.78 is 5.39. The monoisotopic (exact) mass is 410 g/mol. The van der Waals surface area contributed by atoms with Crippen molar-refractivity contribution in [3.8, 4) is 11.8 Å². The molecule has 0 aliphatic carbocycles. The number of halogens is 1. The lowest BCUT2D eigenvalue weighted by Gasteiger charge is -2.35. The zero-order valence-corrected chi connectivity index (χ0v) is 17.0. The average Bonchev–Trinajstić information content (AvgIpc) is 2.74. The average molecular weight is 411 g/mol. The first-order valence-corrected chi connectivity index (χ1v) is 9.87. The number of anilines is 2. The minimum atomic E-state index is -0.422. The van der Waals surface area contributed by atoms with Crippen LogP contribution in [-0.4, -0.2) is 43.6 Å². The van der Waals surface area contributed by atoms with Crippen molar-refractivity contribution in [2.75, 3.05) is 43.0 Å². The number of rotatable bonds is 6. The van der Waals surface area contributed by atoms with E-state index in [0.29, 0.717) is 30.4 Å². The standard InChI is InChI=1S/C22H23ClN4O2/c1-2-29-21-8-6-19(7-9-21)25-22(28)17(15-24)16-26-10-12-27(13-11-26)20-5-3-4-18(23)14-20/h3-9,14,16H,2,10-13H2,1H3,(H,25,28)/b17-16-. The Morgan fingerprint density at radius 2 is 1.93 bits per heavy atom. The van der Waals surface area contributed by atoms with Crippen LogP contribution in [0.1, 0.15) is 6.92 Å². The number of hydrogen-bond acceptors (Lipinski definition) is 5. The first-order chi connectivity index (χ1) is 14.1. The number of nitrogens with one attached hydrogen (secondary N) is 1. The molecule has 0 spiro atoms. The Bertz CT molecular complexity index is 913. The summed E-state index contributed by atoms with van der Waals surface area (Å²) in [5.74, 6) is 0.313. The van der Waals surface area contributed by atoms with Crippen LogP contribution in [0.3, 0.4) is 0 Å². The quantitative estimate of drug-likeness (QED) is 0.577. The first kappa shape index (κ1) is 20.6. The van der Waals surface area contributed by atoms with Gasteiger partial charge in [-0.2, -0.15) is 5.26 Å². The third-order valence-corrected chi connectivity index (χ3v) is 4.82. The van der Waals surface area contributed by atoms with E-state index >= 15 is 0 Å². The highest BCUT2D eigenvalue weighted by atomic mass is 35.5. The highest BCUT2D eigenvalue weighted by molar-refractivity contribution is 6.30. The molecule has 1 N–H and O–H groups in total. The molecule has 2 aromatic rings. The Morgan fingerprint density at radius 1 is 1.21 bits per heavy atom. The zero-order chi connectivity index (χ0) is 20.6. The number of amides is 1. The van der Waals surface area contributed by atoms with Crippen LogP contribution in [0.15, 0.2) is 60.3 Å². The SMILES string of the molecule is CCOc1ccc(NC(=O)/C(C#N)=C\N2CCN(c3cccc(Cl)c3)CC2)cc1. The van der Waals surface area contributed by atoms with Gasteiger partial charge in [-0.15, -0.1) is 0 Å². The number of nitrogens with zero attached hydrogens (tertiary/aromatic N) is 3. The Labute approximate surface area is 175 Å². The summed E-state index contributed by atoms with van der Waals surface area (Å²) in [6, 6.07) is 16.8. The number of carbonyl (C=O) groups is 1. The highest BCUT2D eigenvalue weighted by Crippen LogP contribution is 2.21. The maximum atomic E-state index is 12.5. The molecule has 0 saturated carbocycles. The first-order valence-electron chi connectivity index (χ1n) is 9.49. The predicted octanol–water partition coefficient (Wildman–Crippen LogP) is 3.91. The second-order valence-corrected chi connectivity index (χ2v) is 7.01. The Kier molecular flexibility index (Phi) is 6.99. The lowest BCUT2D eigenvalue weighted by Crippen LogP contribution is -2.44. The summed E-state index contributed by atoms with van der Waals surface area (Å²) in [4.78, 5) is 16.7.